The van der Waals surface area contributed by atoms with Crippen molar-refractivity contribution in [3.05, 3.63) is 23.3 Å². The molecule has 2 heterocycles. The van der Waals surface area contributed by atoms with Crippen LogP contribution in [0.25, 0.3) is 0 Å². The summed E-state index contributed by atoms with van der Waals surface area (Å²) < 4.78 is 13.7. The van der Waals surface area contributed by atoms with Gasteiger partial charge in [-0.15, -0.1) is 0 Å². The average molecular weight is 597 g/mol. The number of hydrogen-bond donors (Lipinski definition) is 1. The zero-order chi connectivity index (χ0) is 20.7. The number of aliphatic hydroxyl groups is 1. The van der Waals surface area contributed by atoms with Crippen molar-refractivity contribution in [1.82, 2.24) is 4.90 Å². The molecule has 3 aliphatic carbocycles. The number of ketones is 1. The molecule has 7 heteroatoms. The molecule has 0 amide bonds. The second-order valence-electron chi connectivity index (χ2n) is 9.71. The molecular weight excluding hydrogens is 569 g/mol. The van der Waals surface area contributed by atoms with Gasteiger partial charge in [-0.1, -0.05) is 0 Å². The molecule has 1 aromatic carbocycles. The Morgan fingerprint density at radius 2 is 2.20 bits per heavy atom. The van der Waals surface area contributed by atoms with E-state index in [0.29, 0.717) is 12.8 Å². The Labute approximate surface area is 190 Å². The van der Waals surface area contributed by atoms with E-state index in [-0.39, 0.29) is 11.8 Å². The van der Waals surface area contributed by atoms with Crippen molar-refractivity contribution < 1.29 is 38.7 Å². The minimum absolute atomic E-state index is 0.0751. The van der Waals surface area contributed by atoms with Gasteiger partial charge >= 0.3 is 191 Å². The molecule has 30 heavy (non-hydrogen) atoms. The van der Waals surface area contributed by atoms with E-state index < -0.39 is 17.1 Å². The summed E-state index contributed by atoms with van der Waals surface area (Å²) >= 11 is 1.31. The fourth-order valence-corrected chi connectivity index (χ4v) is 8.45. The van der Waals surface area contributed by atoms with Crippen LogP contribution in [0.3, 0.4) is 0 Å². The number of Topliss-reactive ketones (excluding diaryl/α,β-unsaturated/α-hetero) is 1. The van der Waals surface area contributed by atoms with Crippen LogP contribution in [0.15, 0.2) is 12.1 Å². The number of nitrogens with zero attached hydrogens (tertiary/aromatic N) is 1. The first-order chi connectivity index (χ1) is 14.5. The van der Waals surface area contributed by atoms with E-state index in [1.807, 2.05) is 6.07 Å². The van der Waals surface area contributed by atoms with Gasteiger partial charge in [-0.25, -0.2) is 0 Å². The zero-order valence-corrected chi connectivity index (χ0v) is 21.2. The third-order valence-electron chi connectivity index (χ3n) is 8.12. The Hall–Kier alpha value is -0.602. The average Bonchev–Trinajstić information content (AvgIpc) is 3.45. The van der Waals surface area contributed by atoms with Gasteiger partial charge in [0.2, 0.25) is 0 Å². The summed E-state index contributed by atoms with van der Waals surface area (Å²) in [6.45, 7) is 2.01. The molecule has 2 saturated carbocycles. The fourth-order valence-electron chi connectivity index (χ4n) is 6.63. The van der Waals surface area contributed by atoms with Crippen LogP contribution in [-0.2, 0) is 36.0 Å². The van der Waals surface area contributed by atoms with Gasteiger partial charge in [0, 0.05) is 0 Å². The molecular formula is C23H28NO4PW. The number of rotatable bonds is 6. The molecule has 5 aliphatic rings. The molecule has 2 bridgehead atoms. The summed E-state index contributed by atoms with van der Waals surface area (Å²) in [5.74, 6) is 2.37. The van der Waals surface area contributed by atoms with Gasteiger partial charge in [-0.3, -0.25) is 0 Å². The second-order valence-corrected chi connectivity index (χ2v) is 11.9. The number of likely N-dealkylation sites (tertiary alicyclic amines) is 1. The predicted octanol–water partition coefficient (Wildman–Crippen LogP) is 2.14. The number of hydrogen-bond acceptors (Lipinski definition) is 5. The third kappa shape index (κ3) is 2.62. The van der Waals surface area contributed by atoms with E-state index in [1.165, 1.54) is 37.8 Å². The van der Waals surface area contributed by atoms with E-state index in [0.717, 1.165) is 65.6 Å². The van der Waals surface area contributed by atoms with Crippen molar-refractivity contribution in [1.29, 1.82) is 0 Å². The van der Waals surface area contributed by atoms with Gasteiger partial charge in [-0.05, 0) is 0 Å². The quantitative estimate of drug-likeness (QED) is 0.510. The van der Waals surface area contributed by atoms with Crippen molar-refractivity contribution in [2.45, 2.75) is 68.1 Å². The number of carbonyl (C=O) groups is 1. The Morgan fingerprint density at radius 1 is 1.37 bits per heavy atom. The number of carbonyl (C=O) groups excluding carboxylic acids is 1. The molecule has 1 N–H and O–H groups in total. The molecule has 6 rings (SSSR count). The van der Waals surface area contributed by atoms with E-state index in [9.17, 15) is 9.90 Å². The summed E-state index contributed by atoms with van der Waals surface area (Å²) in [5.41, 5.74) is 0.799. The Morgan fingerprint density at radius 3 is 2.97 bits per heavy atom. The van der Waals surface area contributed by atoms with Crippen LogP contribution in [0.2, 0.25) is 0 Å². The van der Waals surface area contributed by atoms with Gasteiger partial charge < -0.3 is 0 Å². The first-order valence-electron chi connectivity index (χ1n) is 11.2. The topological polar surface area (TPSA) is 59.0 Å². The van der Waals surface area contributed by atoms with Crippen molar-refractivity contribution in [2.24, 2.45) is 5.92 Å². The summed E-state index contributed by atoms with van der Waals surface area (Å²) in [4.78, 5) is 15.6. The molecule has 1 unspecified atom stereocenters. The number of piperidine rings is 1. The SMILES string of the molecule is O=C1CC[C@@]2(O)[C@H]3Cc4ccc(O[C](=[W])CCP)c5c4[C@@]2(CCN3CC2CC2)[C@H]1O5. The first kappa shape index (κ1) is 20.0. The molecule has 5 nitrogen and oxygen atoms in total. The third-order valence-corrected chi connectivity index (χ3v) is 9.44. The monoisotopic (exact) mass is 597 g/mol. The predicted molar refractivity (Wildman–Crippen MR) is 113 cm³/mol. The summed E-state index contributed by atoms with van der Waals surface area (Å²) in [5, 5.41) is 12.3. The summed E-state index contributed by atoms with van der Waals surface area (Å²) in [6, 6.07) is 4.26. The number of ether oxygens (including phenoxy) is 2. The second kappa shape index (κ2) is 6.95. The molecule has 2 aliphatic heterocycles. The minimum atomic E-state index is -0.903. The van der Waals surface area contributed by atoms with Crippen LogP contribution >= 0.6 is 9.24 Å². The van der Waals surface area contributed by atoms with E-state index >= 15 is 0 Å². The molecule has 1 saturated heterocycles. The van der Waals surface area contributed by atoms with Crippen molar-refractivity contribution in [3.8, 4) is 11.5 Å². The van der Waals surface area contributed by atoms with Crippen LogP contribution in [0.1, 0.15) is 49.7 Å². The van der Waals surface area contributed by atoms with E-state index in [4.69, 9.17) is 9.47 Å². The van der Waals surface area contributed by atoms with Gasteiger partial charge in [-0.2, -0.15) is 0 Å². The van der Waals surface area contributed by atoms with Gasteiger partial charge in [0.15, 0.2) is 0 Å². The van der Waals surface area contributed by atoms with Crippen LogP contribution in [-0.4, -0.2) is 56.9 Å². The van der Waals surface area contributed by atoms with Crippen LogP contribution in [0.5, 0.6) is 11.5 Å². The van der Waals surface area contributed by atoms with Crippen molar-refractivity contribution in [3.63, 3.8) is 0 Å². The zero-order valence-electron chi connectivity index (χ0n) is 17.1. The standard InChI is InChI=1S/C23H28NO4P.W/c25-16-6-7-23(26)18-12-15-4-5-17(27-10-1-11-29)20-19(15)22(23,21(16)28-20)8-9-24(18)13-14-2-3-14;/h4-5,14,18,21,26H,1-3,6-9,11-13,29H2;/t18-,21+,22+,23-;/m1./s1. The fraction of sp³-hybridized carbons (Fsp3) is 0.652. The van der Waals surface area contributed by atoms with E-state index in [1.54, 1.807) is 0 Å². The maximum absolute atomic E-state index is 13.1. The molecule has 0 aromatic heterocycles. The van der Waals surface area contributed by atoms with Crippen molar-refractivity contribution in [2.75, 3.05) is 19.3 Å². The Bertz CT molecular complexity index is 949. The molecule has 1 spiro atoms. The van der Waals surface area contributed by atoms with Gasteiger partial charge in [0.25, 0.3) is 0 Å². The molecule has 0 radical (unpaired) electrons. The Balaban J connectivity index is 1.48. The normalized spacial score (nSPS) is 36.3. The van der Waals surface area contributed by atoms with E-state index in [2.05, 4.69) is 20.2 Å². The first-order valence-corrected chi connectivity index (χ1v) is 13.5. The van der Waals surface area contributed by atoms with Crippen molar-refractivity contribution >= 4 is 19.1 Å². The maximum atomic E-state index is 13.1. The summed E-state index contributed by atoms with van der Waals surface area (Å²) in [7, 11) is 2.74. The van der Waals surface area contributed by atoms with Crippen LogP contribution in [0.4, 0.5) is 0 Å². The van der Waals surface area contributed by atoms with Crippen LogP contribution < -0.4 is 9.47 Å². The Kier molecular flexibility index (Phi) is 4.64. The van der Waals surface area contributed by atoms with Crippen LogP contribution in [0, 0.1) is 5.92 Å². The number of benzene rings is 1. The van der Waals surface area contributed by atoms with Gasteiger partial charge in [0.05, 0.1) is 0 Å². The molecule has 5 atom stereocenters. The molecule has 160 valence electrons. The molecule has 3 fully saturated rings. The molecule has 1 aromatic rings. The summed E-state index contributed by atoms with van der Waals surface area (Å²) in [6.07, 6.45) is 6.47. The van der Waals surface area contributed by atoms with Gasteiger partial charge in [0.1, 0.15) is 0 Å².